The molecule has 1 N–H and O–H groups in total. The Morgan fingerprint density at radius 2 is 1.96 bits per heavy atom. The predicted octanol–water partition coefficient (Wildman–Crippen LogP) is 4.19. The second-order valence-corrected chi connectivity index (χ2v) is 6.45. The van der Waals surface area contributed by atoms with Crippen molar-refractivity contribution in [2.75, 3.05) is 0 Å². The van der Waals surface area contributed by atoms with Gasteiger partial charge in [0.2, 0.25) is 0 Å². The van der Waals surface area contributed by atoms with Crippen LogP contribution in [0, 0.1) is 5.82 Å². The number of aromatic amines is 1. The van der Waals surface area contributed by atoms with E-state index in [-0.39, 0.29) is 17.5 Å². The van der Waals surface area contributed by atoms with Crippen LogP contribution in [0.5, 0.6) is 0 Å². The molecule has 1 aliphatic carbocycles. The number of fused-ring (bicyclic) bond motifs is 1. The molecule has 0 radical (unpaired) electrons. The summed E-state index contributed by atoms with van der Waals surface area (Å²) in [6.07, 6.45) is 4.70. The SMILES string of the molecule is O=c1[nH]c(-c2ccc(F)cc2COC2CCCC2)nc2ccccc12. The fraction of sp³-hybridized carbons (Fsp3) is 0.300. The molecule has 0 bridgehead atoms. The first kappa shape index (κ1) is 16.0. The van der Waals surface area contributed by atoms with Gasteiger partial charge in [-0.25, -0.2) is 9.37 Å². The van der Waals surface area contributed by atoms with Crippen molar-refractivity contribution in [3.05, 3.63) is 64.2 Å². The number of hydrogen-bond acceptors (Lipinski definition) is 3. The number of nitrogens with one attached hydrogen (secondary N) is 1. The molecule has 5 heteroatoms. The van der Waals surface area contributed by atoms with Gasteiger partial charge < -0.3 is 9.72 Å². The van der Waals surface area contributed by atoms with Gasteiger partial charge in [-0.1, -0.05) is 25.0 Å². The van der Waals surface area contributed by atoms with E-state index in [4.69, 9.17) is 4.74 Å². The number of nitrogens with zero attached hydrogens (tertiary/aromatic N) is 1. The second-order valence-electron chi connectivity index (χ2n) is 6.45. The Labute approximate surface area is 144 Å². The molecule has 1 saturated carbocycles. The lowest BCUT2D eigenvalue weighted by Crippen LogP contribution is -2.11. The van der Waals surface area contributed by atoms with Crippen LogP contribution < -0.4 is 5.56 Å². The molecule has 0 unspecified atom stereocenters. The molecule has 2 aromatic carbocycles. The van der Waals surface area contributed by atoms with E-state index < -0.39 is 0 Å². The van der Waals surface area contributed by atoms with E-state index in [1.807, 2.05) is 6.07 Å². The number of hydrogen-bond donors (Lipinski definition) is 1. The van der Waals surface area contributed by atoms with Crippen molar-refractivity contribution in [3.63, 3.8) is 0 Å². The molecule has 128 valence electrons. The monoisotopic (exact) mass is 338 g/mol. The van der Waals surface area contributed by atoms with Gasteiger partial charge in [-0.05, 0) is 48.7 Å². The average Bonchev–Trinajstić information content (AvgIpc) is 3.13. The quantitative estimate of drug-likeness (QED) is 0.776. The van der Waals surface area contributed by atoms with Gasteiger partial charge in [-0.2, -0.15) is 0 Å². The third-order valence-electron chi connectivity index (χ3n) is 4.71. The molecule has 4 rings (SSSR count). The molecule has 1 aromatic heterocycles. The molecule has 1 fully saturated rings. The lowest BCUT2D eigenvalue weighted by molar-refractivity contribution is 0.0458. The Morgan fingerprint density at radius 1 is 1.16 bits per heavy atom. The summed E-state index contributed by atoms with van der Waals surface area (Å²) in [5, 5.41) is 0.539. The number of rotatable bonds is 4. The minimum atomic E-state index is -0.322. The fourth-order valence-electron chi connectivity index (χ4n) is 3.39. The first-order valence-corrected chi connectivity index (χ1v) is 8.60. The Morgan fingerprint density at radius 3 is 2.80 bits per heavy atom. The second kappa shape index (κ2) is 6.76. The largest absolute Gasteiger partial charge is 0.374 e. The smallest absolute Gasteiger partial charge is 0.259 e. The first-order valence-electron chi connectivity index (χ1n) is 8.60. The number of ether oxygens (including phenoxy) is 1. The van der Waals surface area contributed by atoms with Crippen molar-refractivity contribution >= 4 is 10.9 Å². The van der Waals surface area contributed by atoms with Gasteiger partial charge in [0, 0.05) is 5.56 Å². The first-order chi connectivity index (χ1) is 12.2. The maximum Gasteiger partial charge on any atom is 0.259 e. The van der Waals surface area contributed by atoms with Gasteiger partial charge in [0.15, 0.2) is 0 Å². The van der Waals surface area contributed by atoms with Crippen molar-refractivity contribution in [1.29, 1.82) is 0 Å². The highest BCUT2D eigenvalue weighted by Crippen LogP contribution is 2.26. The number of halogens is 1. The lowest BCUT2D eigenvalue weighted by Gasteiger charge is -2.14. The molecular formula is C20H19FN2O2. The van der Waals surface area contributed by atoms with E-state index in [1.165, 1.54) is 25.0 Å². The number of para-hydroxylation sites is 1. The van der Waals surface area contributed by atoms with Crippen molar-refractivity contribution in [2.45, 2.75) is 38.4 Å². The summed E-state index contributed by atoms with van der Waals surface area (Å²) in [6.45, 7) is 0.314. The third-order valence-corrected chi connectivity index (χ3v) is 4.71. The molecule has 4 nitrogen and oxygen atoms in total. The number of aromatic nitrogens is 2. The Balaban J connectivity index is 1.73. The van der Waals surface area contributed by atoms with Gasteiger partial charge in [0.25, 0.3) is 5.56 Å². The summed E-state index contributed by atoms with van der Waals surface area (Å²) in [5.41, 5.74) is 1.81. The molecule has 25 heavy (non-hydrogen) atoms. The van der Waals surface area contributed by atoms with Crippen LogP contribution in [0.2, 0.25) is 0 Å². The van der Waals surface area contributed by atoms with Crippen LogP contribution in [0.3, 0.4) is 0 Å². The zero-order valence-electron chi connectivity index (χ0n) is 13.8. The van der Waals surface area contributed by atoms with E-state index in [0.29, 0.717) is 34.5 Å². The van der Waals surface area contributed by atoms with E-state index in [2.05, 4.69) is 9.97 Å². The maximum atomic E-state index is 13.7. The molecule has 3 aromatic rings. The van der Waals surface area contributed by atoms with Crippen LogP contribution in [0.1, 0.15) is 31.2 Å². The molecule has 0 spiro atoms. The minimum Gasteiger partial charge on any atom is -0.374 e. The Bertz CT molecular complexity index is 961. The lowest BCUT2D eigenvalue weighted by atomic mass is 10.1. The Kier molecular flexibility index (Phi) is 4.32. The van der Waals surface area contributed by atoms with Crippen molar-refractivity contribution in [2.24, 2.45) is 0 Å². The van der Waals surface area contributed by atoms with Crippen LogP contribution in [-0.2, 0) is 11.3 Å². The standard InChI is InChI=1S/C20H19FN2O2/c21-14-9-10-16(13(11-14)12-25-15-5-1-2-6-15)19-22-18-8-4-3-7-17(18)20(24)23-19/h3-4,7-11,15H,1-2,5-6,12H2,(H,22,23,24). The average molecular weight is 338 g/mol. The normalized spacial score (nSPS) is 15.1. The molecule has 0 aliphatic heterocycles. The highest BCUT2D eigenvalue weighted by Gasteiger charge is 2.17. The summed E-state index contributed by atoms with van der Waals surface area (Å²) in [6, 6.07) is 11.7. The topological polar surface area (TPSA) is 55.0 Å². The highest BCUT2D eigenvalue weighted by molar-refractivity contribution is 5.79. The molecule has 0 atom stereocenters. The summed E-state index contributed by atoms with van der Waals surface area (Å²) in [5.74, 6) is 0.116. The van der Waals surface area contributed by atoms with Crippen LogP contribution in [0.4, 0.5) is 4.39 Å². The van der Waals surface area contributed by atoms with Crippen LogP contribution in [0.15, 0.2) is 47.3 Å². The van der Waals surface area contributed by atoms with E-state index in [9.17, 15) is 9.18 Å². The van der Waals surface area contributed by atoms with Gasteiger partial charge in [0.05, 0.1) is 23.6 Å². The third kappa shape index (κ3) is 3.33. The summed E-state index contributed by atoms with van der Waals surface area (Å²) in [7, 11) is 0. The van der Waals surface area contributed by atoms with Crippen molar-refractivity contribution in [3.8, 4) is 11.4 Å². The van der Waals surface area contributed by atoms with Crippen LogP contribution in [-0.4, -0.2) is 16.1 Å². The fourth-order valence-corrected chi connectivity index (χ4v) is 3.39. The van der Waals surface area contributed by atoms with Gasteiger partial charge >= 0.3 is 0 Å². The number of H-pyrrole nitrogens is 1. The van der Waals surface area contributed by atoms with Crippen LogP contribution >= 0.6 is 0 Å². The summed E-state index contributed by atoms with van der Waals surface area (Å²) < 4.78 is 19.7. The molecule has 1 aliphatic rings. The molecule has 0 saturated heterocycles. The van der Waals surface area contributed by atoms with E-state index in [1.54, 1.807) is 24.3 Å². The van der Waals surface area contributed by atoms with Crippen molar-refractivity contribution < 1.29 is 9.13 Å². The highest BCUT2D eigenvalue weighted by atomic mass is 19.1. The zero-order chi connectivity index (χ0) is 17.2. The predicted molar refractivity (Wildman–Crippen MR) is 94.8 cm³/mol. The molecule has 0 amide bonds. The van der Waals surface area contributed by atoms with E-state index >= 15 is 0 Å². The summed E-state index contributed by atoms with van der Waals surface area (Å²) in [4.78, 5) is 19.7. The maximum absolute atomic E-state index is 13.7. The minimum absolute atomic E-state index is 0.201. The Hall–Kier alpha value is -2.53. The van der Waals surface area contributed by atoms with Crippen LogP contribution in [0.25, 0.3) is 22.3 Å². The zero-order valence-corrected chi connectivity index (χ0v) is 13.8. The number of benzene rings is 2. The van der Waals surface area contributed by atoms with E-state index in [0.717, 1.165) is 12.8 Å². The van der Waals surface area contributed by atoms with Gasteiger partial charge in [0.1, 0.15) is 11.6 Å². The molecular weight excluding hydrogens is 319 g/mol. The molecule has 1 heterocycles. The van der Waals surface area contributed by atoms with Gasteiger partial charge in [-0.3, -0.25) is 4.79 Å². The summed E-state index contributed by atoms with van der Waals surface area (Å²) >= 11 is 0. The van der Waals surface area contributed by atoms with Gasteiger partial charge in [-0.15, -0.1) is 0 Å². The van der Waals surface area contributed by atoms with Crippen molar-refractivity contribution in [1.82, 2.24) is 9.97 Å².